The van der Waals surface area contributed by atoms with E-state index in [1.165, 1.54) is 0 Å². The molecule has 0 atom stereocenters. The van der Waals surface area contributed by atoms with Gasteiger partial charge in [0.05, 0.1) is 12.7 Å². The number of amides is 1. The van der Waals surface area contributed by atoms with E-state index in [1.807, 2.05) is 12.1 Å². The van der Waals surface area contributed by atoms with Crippen LogP contribution in [0.3, 0.4) is 0 Å². The van der Waals surface area contributed by atoms with Gasteiger partial charge in [0.15, 0.2) is 0 Å². The number of ether oxygens (including phenoxy) is 2. The SMILES string of the molecule is COc1ncccc1CN1CCC2(CC1)CNC(=O)CO2. The molecule has 1 aromatic heterocycles. The van der Waals surface area contributed by atoms with Gasteiger partial charge in [0.1, 0.15) is 6.61 Å². The van der Waals surface area contributed by atoms with Crippen LogP contribution >= 0.6 is 0 Å². The van der Waals surface area contributed by atoms with Gasteiger partial charge in [-0.15, -0.1) is 0 Å². The fraction of sp³-hybridized carbons (Fsp3) is 0.600. The molecule has 0 bridgehead atoms. The molecule has 3 heterocycles. The quantitative estimate of drug-likeness (QED) is 0.882. The van der Waals surface area contributed by atoms with Crippen LogP contribution in [0.5, 0.6) is 5.88 Å². The van der Waals surface area contributed by atoms with Gasteiger partial charge in [0.25, 0.3) is 0 Å². The summed E-state index contributed by atoms with van der Waals surface area (Å²) in [7, 11) is 1.65. The molecule has 0 saturated carbocycles. The summed E-state index contributed by atoms with van der Waals surface area (Å²) >= 11 is 0. The Morgan fingerprint density at radius 3 is 2.95 bits per heavy atom. The van der Waals surface area contributed by atoms with Crippen molar-refractivity contribution < 1.29 is 14.3 Å². The van der Waals surface area contributed by atoms with Crippen LogP contribution in [-0.2, 0) is 16.1 Å². The second-order valence-corrected chi connectivity index (χ2v) is 5.70. The molecule has 21 heavy (non-hydrogen) atoms. The van der Waals surface area contributed by atoms with Crippen molar-refractivity contribution in [3.63, 3.8) is 0 Å². The van der Waals surface area contributed by atoms with Crippen molar-refractivity contribution in [2.24, 2.45) is 0 Å². The zero-order valence-corrected chi connectivity index (χ0v) is 12.3. The average Bonchev–Trinajstić information content (AvgIpc) is 2.53. The van der Waals surface area contributed by atoms with Crippen LogP contribution in [0.2, 0.25) is 0 Å². The van der Waals surface area contributed by atoms with Crippen LogP contribution in [-0.4, -0.2) is 54.7 Å². The number of hydrogen-bond donors (Lipinski definition) is 1. The molecule has 1 spiro atoms. The molecule has 0 unspecified atom stereocenters. The molecular formula is C15H21N3O3. The highest BCUT2D eigenvalue weighted by molar-refractivity contribution is 5.78. The molecular weight excluding hydrogens is 270 g/mol. The average molecular weight is 291 g/mol. The Morgan fingerprint density at radius 1 is 1.48 bits per heavy atom. The molecule has 6 nitrogen and oxygen atoms in total. The van der Waals surface area contributed by atoms with E-state index >= 15 is 0 Å². The number of carbonyl (C=O) groups excluding carboxylic acids is 1. The molecule has 1 aromatic rings. The first-order chi connectivity index (χ1) is 10.2. The van der Waals surface area contributed by atoms with E-state index < -0.39 is 0 Å². The highest BCUT2D eigenvalue weighted by Gasteiger charge is 2.38. The molecule has 6 heteroatoms. The van der Waals surface area contributed by atoms with Gasteiger partial charge in [-0.1, -0.05) is 6.07 Å². The Kier molecular flexibility index (Phi) is 4.07. The van der Waals surface area contributed by atoms with Crippen molar-refractivity contribution in [3.05, 3.63) is 23.9 Å². The number of morpholine rings is 1. The number of carbonyl (C=O) groups is 1. The molecule has 114 valence electrons. The van der Waals surface area contributed by atoms with Crippen molar-refractivity contribution in [2.75, 3.05) is 33.4 Å². The van der Waals surface area contributed by atoms with Crippen LogP contribution in [0.25, 0.3) is 0 Å². The number of nitrogens with zero attached hydrogens (tertiary/aromatic N) is 2. The summed E-state index contributed by atoms with van der Waals surface area (Å²) in [6.07, 6.45) is 3.62. The van der Waals surface area contributed by atoms with E-state index in [-0.39, 0.29) is 18.1 Å². The highest BCUT2D eigenvalue weighted by atomic mass is 16.5. The number of aromatic nitrogens is 1. The largest absolute Gasteiger partial charge is 0.481 e. The number of nitrogens with one attached hydrogen (secondary N) is 1. The maximum atomic E-state index is 11.2. The molecule has 1 N–H and O–H groups in total. The van der Waals surface area contributed by atoms with E-state index in [9.17, 15) is 4.79 Å². The molecule has 0 aliphatic carbocycles. The third-order valence-electron chi connectivity index (χ3n) is 4.32. The number of methoxy groups -OCH3 is 1. The second-order valence-electron chi connectivity index (χ2n) is 5.70. The summed E-state index contributed by atoms with van der Waals surface area (Å²) in [5, 5.41) is 2.91. The Balaban J connectivity index is 1.57. The van der Waals surface area contributed by atoms with Crippen LogP contribution in [0.4, 0.5) is 0 Å². The molecule has 0 aromatic carbocycles. The van der Waals surface area contributed by atoms with Gasteiger partial charge in [-0.05, 0) is 18.9 Å². The Bertz CT molecular complexity index is 501. The summed E-state index contributed by atoms with van der Waals surface area (Å²) in [5.41, 5.74) is 0.942. The van der Waals surface area contributed by atoms with Crippen LogP contribution in [0.15, 0.2) is 18.3 Å². The molecule has 2 saturated heterocycles. The van der Waals surface area contributed by atoms with Gasteiger partial charge in [-0.3, -0.25) is 9.69 Å². The Hall–Kier alpha value is -1.66. The van der Waals surface area contributed by atoms with Crippen molar-refractivity contribution >= 4 is 5.91 Å². The molecule has 1 amide bonds. The second kappa shape index (κ2) is 5.99. The van der Waals surface area contributed by atoms with Gasteiger partial charge in [-0.2, -0.15) is 0 Å². The normalized spacial score (nSPS) is 22.0. The summed E-state index contributed by atoms with van der Waals surface area (Å²) in [6, 6.07) is 3.98. The molecule has 3 rings (SSSR count). The van der Waals surface area contributed by atoms with E-state index in [0.717, 1.165) is 38.0 Å². The zero-order valence-electron chi connectivity index (χ0n) is 12.3. The van der Waals surface area contributed by atoms with Crippen LogP contribution in [0.1, 0.15) is 18.4 Å². The smallest absolute Gasteiger partial charge is 0.246 e. The topological polar surface area (TPSA) is 63.7 Å². The lowest BCUT2D eigenvalue weighted by molar-refractivity contribution is -0.150. The predicted octanol–water partition coefficient (Wildman–Crippen LogP) is 0.571. The van der Waals surface area contributed by atoms with Crippen LogP contribution < -0.4 is 10.1 Å². The summed E-state index contributed by atoms with van der Waals surface area (Å²) in [4.78, 5) is 17.8. The molecule has 2 aliphatic rings. The summed E-state index contributed by atoms with van der Waals surface area (Å²) in [5.74, 6) is 0.683. The fourth-order valence-electron chi connectivity index (χ4n) is 2.99. The van der Waals surface area contributed by atoms with E-state index in [2.05, 4.69) is 15.2 Å². The van der Waals surface area contributed by atoms with Gasteiger partial charge in [0.2, 0.25) is 11.8 Å². The predicted molar refractivity (Wildman–Crippen MR) is 77.0 cm³/mol. The Morgan fingerprint density at radius 2 is 2.29 bits per heavy atom. The molecule has 2 aliphatic heterocycles. The van der Waals surface area contributed by atoms with Crippen molar-refractivity contribution in [1.82, 2.24) is 15.2 Å². The third kappa shape index (κ3) is 3.16. The maximum Gasteiger partial charge on any atom is 0.246 e. The van der Waals surface area contributed by atoms with E-state index in [1.54, 1.807) is 13.3 Å². The highest BCUT2D eigenvalue weighted by Crippen LogP contribution is 2.29. The monoisotopic (exact) mass is 291 g/mol. The van der Waals surface area contributed by atoms with Gasteiger partial charge < -0.3 is 14.8 Å². The fourth-order valence-corrected chi connectivity index (χ4v) is 2.99. The maximum absolute atomic E-state index is 11.2. The lowest BCUT2D eigenvalue weighted by Gasteiger charge is -2.43. The minimum Gasteiger partial charge on any atom is -0.481 e. The van der Waals surface area contributed by atoms with Gasteiger partial charge in [-0.25, -0.2) is 4.98 Å². The first-order valence-electron chi connectivity index (χ1n) is 7.32. The number of piperidine rings is 1. The minimum atomic E-state index is -0.163. The third-order valence-corrected chi connectivity index (χ3v) is 4.32. The summed E-state index contributed by atoms with van der Waals surface area (Å²) < 4.78 is 11.1. The minimum absolute atomic E-state index is 0.0110. The standard InChI is InChI=1S/C15H21N3O3/c1-20-14-12(3-2-6-16-14)9-18-7-4-15(5-8-18)11-17-13(19)10-21-15/h2-3,6H,4-5,7-11H2,1H3,(H,17,19). The number of hydrogen-bond acceptors (Lipinski definition) is 5. The first kappa shape index (κ1) is 14.3. The number of pyridine rings is 1. The van der Waals surface area contributed by atoms with Crippen molar-refractivity contribution in [2.45, 2.75) is 25.0 Å². The Labute approximate surface area is 124 Å². The first-order valence-corrected chi connectivity index (χ1v) is 7.32. The van der Waals surface area contributed by atoms with Crippen molar-refractivity contribution in [3.8, 4) is 5.88 Å². The van der Waals surface area contributed by atoms with E-state index in [0.29, 0.717) is 12.4 Å². The van der Waals surface area contributed by atoms with Gasteiger partial charge >= 0.3 is 0 Å². The number of likely N-dealkylation sites (tertiary alicyclic amines) is 1. The van der Waals surface area contributed by atoms with E-state index in [4.69, 9.17) is 9.47 Å². The summed E-state index contributed by atoms with van der Waals surface area (Å²) in [6.45, 7) is 3.56. The van der Waals surface area contributed by atoms with Crippen LogP contribution in [0, 0.1) is 0 Å². The molecule has 2 fully saturated rings. The lowest BCUT2D eigenvalue weighted by atomic mass is 9.90. The van der Waals surface area contributed by atoms with Crippen molar-refractivity contribution in [1.29, 1.82) is 0 Å². The molecule has 0 radical (unpaired) electrons. The zero-order chi connectivity index (χ0) is 14.7. The van der Waals surface area contributed by atoms with Gasteiger partial charge in [0, 0.05) is 37.9 Å². The number of rotatable bonds is 3. The lowest BCUT2D eigenvalue weighted by Crippen LogP contribution is -2.57.